The van der Waals surface area contributed by atoms with Gasteiger partial charge in [0.05, 0.1) is 18.2 Å². The van der Waals surface area contributed by atoms with Gasteiger partial charge in [0, 0.05) is 36.9 Å². The first kappa shape index (κ1) is 23.2. The molecule has 4 rings (SSSR count). The van der Waals surface area contributed by atoms with E-state index in [1.807, 2.05) is 30.3 Å². The van der Waals surface area contributed by atoms with Crippen LogP contribution in [0.1, 0.15) is 48.9 Å². The van der Waals surface area contributed by atoms with Crippen molar-refractivity contribution in [3.8, 4) is 5.75 Å². The average Bonchev–Trinajstić information content (AvgIpc) is 3.12. The highest BCUT2D eigenvalue weighted by Gasteiger charge is 2.46. The first-order chi connectivity index (χ1) is 16.6. The molecule has 1 N–H and O–H groups in total. The number of unbranched alkanes of at least 4 members (excludes halogenated alkanes) is 2. The van der Waals surface area contributed by atoms with Gasteiger partial charge in [0.2, 0.25) is 0 Å². The number of aliphatic hydroxyl groups is 1. The summed E-state index contributed by atoms with van der Waals surface area (Å²) in [6.45, 7) is 2.90. The molecule has 1 fully saturated rings. The topological polar surface area (TPSA) is 92.6 Å². The SMILES string of the molecule is CCCCCOc1cccc(C2/C(=C(\O)c3ccncc3)C(=O)C(=O)N2Cc2cccnc2)c1. The van der Waals surface area contributed by atoms with Crippen LogP contribution < -0.4 is 4.74 Å². The first-order valence-electron chi connectivity index (χ1n) is 11.4. The van der Waals surface area contributed by atoms with Crippen molar-refractivity contribution >= 4 is 17.4 Å². The fourth-order valence-electron chi connectivity index (χ4n) is 4.06. The minimum Gasteiger partial charge on any atom is -0.507 e. The maximum Gasteiger partial charge on any atom is 0.295 e. The Labute approximate surface area is 198 Å². The van der Waals surface area contributed by atoms with Crippen molar-refractivity contribution in [2.45, 2.75) is 38.8 Å². The third-order valence-electron chi connectivity index (χ3n) is 5.76. The average molecular weight is 458 g/mol. The fourth-order valence-corrected chi connectivity index (χ4v) is 4.06. The lowest BCUT2D eigenvalue weighted by atomic mass is 9.95. The fraction of sp³-hybridized carbons (Fsp3) is 0.259. The van der Waals surface area contributed by atoms with Crippen LogP contribution in [0.5, 0.6) is 5.75 Å². The molecule has 3 aromatic rings. The molecule has 2 aromatic heterocycles. The molecule has 0 spiro atoms. The van der Waals surface area contributed by atoms with E-state index in [0.29, 0.717) is 23.5 Å². The van der Waals surface area contributed by atoms with Crippen LogP contribution in [0.15, 0.2) is 78.9 Å². The molecule has 3 heterocycles. The lowest BCUT2D eigenvalue weighted by Crippen LogP contribution is -2.29. The number of amides is 1. The second-order valence-corrected chi connectivity index (χ2v) is 8.15. The second kappa shape index (κ2) is 10.7. The minimum atomic E-state index is -0.771. The molecule has 1 atom stereocenters. The Hall–Kier alpha value is -4.00. The van der Waals surface area contributed by atoms with E-state index in [1.54, 1.807) is 30.6 Å². The molecule has 0 saturated carbocycles. The van der Waals surface area contributed by atoms with E-state index in [-0.39, 0.29) is 17.9 Å². The summed E-state index contributed by atoms with van der Waals surface area (Å²) in [6, 6.07) is 13.4. The highest BCUT2D eigenvalue weighted by molar-refractivity contribution is 6.46. The number of aliphatic hydroxyl groups excluding tert-OH is 1. The molecule has 1 amide bonds. The lowest BCUT2D eigenvalue weighted by Gasteiger charge is -2.25. The number of likely N-dealkylation sites (tertiary alicyclic amines) is 1. The van der Waals surface area contributed by atoms with Crippen LogP contribution in [0.4, 0.5) is 0 Å². The summed E-state index contributed by atoms with van der Waals surface area (Å²) >= 11 is 0. The van der Waals surface area contributed by atoms with Crippen molar-refractivity contribution in [1.29, 1.82) is 0 Å². The third kappa shape index (κ3) is 4.98. The van der Waals surface area contributed by atoms with Crippen molar-refractivity contribution in [3.05, 3.63) is 95.6 Å². The number of Topliss-reactive ketones (excluding diaryl/α,β-unsaturated/α-hetero) is 1. The van der Waals surface area contributed by atoms with Gasteiger partial charge < -0.3 is 14.7 Å². The van der Waals surface area contributed by atoms with Crippen molar-refractivity contribution in [1.82, 2.24) is 14.9 Å². The number of carbonyl (C=O) groups is 2. The number of ether oxygens (including phenoxy) is 1. The summed E-state index contributed by atoms with van der Waals surface area (Å²) in [5.74, 6) is -0.964. The van der Waals surface area contributed by atoms with Crippen LogP contribution in [-0.4, -0.2) is 38.3 Å². The predicted molar refractivity (Wildman–Crippen MR) is 128 cm³/mol. The molecule has 7 heteroatoms. The number of aromatic nitrogens is 2. The number of nitrogens with zero attached hydrogens (tertiary/aromatic N) is 3. The Morgan fingerprint density at radius 2 is 1.85 bits per heavy atom. The van der Waals surface area contributed by atoms with Crippen LogP contribution >= 0.6 is 0 Å². The molecule has 0 bridgehead atoms. The summed E-state index contributed by atoms with van der Waals surface area (Å²) in [5, 5.41) is 11.1. The smallest absolute Gasteiger partial charge is 0.295 e. The van der Waals surface area contributed by atoms with E-state index in [9.17, 15) is 14.7 Å². The van der Waals surface area contributed by atoms with Crippen LogP contribution in [0.3, 0.4) is 0 Å². The summed E-state index contributed by atoms with van der Waals surface area (Å²) < 4.78 is 5.91. The molecule has 0 radical (unpaired) electrons. The Bertz CT molecular complexity index is 1180. The van der Waals surface area contributed by atoms with Gasteiger partial charge in [-0.15, -0.1) is 0 Å². The van der Waals surface area contributed by atoms with Gasteiger partial charge in [-0.05, 0) is 47.9 Å². The largest absolute Gasteiger partial charge is 0.507 e. The molecular weight excluding hydrogens is 430 g/mol. The molecule has 1 saturated heterocycles. The molecule has 174 valence electrons. The van der Waals surface area contributed by atoms with Crippen molar-refractivity contribution in [3.63, 3.8) is 0 Å². The Balaban J connectivity index is 1.76. The Morgan fingerprint density at radius 3 is 2.59 bits per heavy atom. The van der Waals surface area contributed by atoms with Gasteiger partial charge in [0.15, 0.2) is 0 Å². The van der Waals surface area contributed by atoms with Gasteiger partial charge >= 0.3 is 0 Å². The number of ketones is 1. The molecule has 34 heavy (non-hydrogen) atoms. The summed E-state index contributed by atoms with van der Waals surface area (Å²) in [6.07, 6.45) is 9.49. The van der Waals surface area contributed by atoms with E-state index in [1.165, 1.54) is 17.3 Å². The molecule has 1 aliphatic heterocycles. The van der Waals surface area contributed by atoms with E-state index >= 15 is 0 Å². The Morgan fingerprint density at radius 1 is 1.03 bits per heavy atom. The number of pyridine rings is 2. The van der Waals surface area contributed by atoms with E-state index in [4.69, 9.17) is 4.74 Å². The maximum absolute atomic E-state index is 13.2. The van der Waals surface area contributed by atoms with Gasteiger partial charge in [0.1, 0.15) is 11.5 Å². The zero-order valence-corrected chi connectivity index (χ0v) is 19.1. The summed E-state index contributed by atoms with van der Waals surface area (Å²) in [7, 11) is 0. The number of carbonyl (C=O) groups excluding carboxylic acids is 2. The molecule has 0 aliphatic carbocycles. The quantitative estimate of drug-likeness (QED) is 0.217. The number of hydrogen-bond acceptors (Lipinski definition) is 6. The van der Waals surface area contributed by atoms with Gasteiger partial charge in [0.25, 0.3) is 11.7 Å². The van der Waals surface area contributed by atoms with Crippen LogP contribution in [-0.2, 0) is 16.1 Å². The molecule has 1 aliphatic rings. The first-order valence-corrected chi connectivity index (χ1v) is 11.4. The number of benzene rings is 1. The van der Waals surface area contributed by atoms with Crippen molar-refractivity contribution in [2.24, 2.45) is 0 Å². The van der Waals surface area contributed by atoms with Crippen LogP contribution in [0.2, 0.25) is 0 Å². The van der Waals surface area contributed by atoms with Crippen LogP contribution in [0.25, 0.3) is 5.76 Å². The van der Waals surface area contributed by atoms with Gasteiger partial charge in [-0.2, -0.15) is 0 Å². The van der Waals surface area contributed by atoms with E-state index in [0.717, 1.165) is 24.8 Å². The van der Waals surface area contributed by atoms with Crippen molar-refractivity contribution < 1.29 is 19.4 Å². The lowest BCUT2D eigenvalue weighted by molar-refractivity contribution is -0.140. The number of rotatable bonds is 9. The monoisotopic (exact) mass is 457 g/mol. The molecule has 1 aromatic carbocycles. The Kier molecular flexibility index (Phi) is 7.32. The summed E-state index contributed by atoms with van der Waals surface area (Å²) in [5.41, 5.74) is 1.94. The van der Waals surface area contributed by atoms with Gasteiger partial charge in [-0.25, -0.2) is 0 Å². The molecule has 7 nitrogen and oxygen atoms in total. The van der Waals surface area contributed by atoms with Crippen LogP contribution in [0, 0.1) is 0 Å². The third-order valence-corrected chi connectivity index (χ3v) is 5.76. The molecular formula is C27H27N3O4. The van der Waals surface area contributed by atoms with Gasteiger partial charge in [-0.1, -0.05) is 38.0 Å². The predicted octanol–water partition coefficient (Wildman–Crippen LogP) is 4.67. The number of hydrogen-bond donors (Lipinski definition) is 1. The normalized spacial score (nSPS) is 17.2. The standard InChI is InChI=1S/C27H27N3O4/c1-2-3-4-15-34-22-9-5-8-21(16-22)24-23(25(31)20-10-13-28-14-11-20)26(32)27(33)30(24)18-19-7-6-12-29-17-19/h5-14,16-17,24,31H,2-4,15,18H2,1H3/b25-23+. The highest BCUT2D eigenvalue weighted by atomic mass is 16.5. The summed E-state index contributed by atoms with van der Waals surface area (Å²) in [4.78, 5) is 35.9. The minimum absolute atomic E-state index is 0.0447. The zero-order chi connectivity index (χ0) is 23.9. The van der Waals surface area contributed by atoms with E-state index in [2.05, 4.69) is 16.9 Å². The maximum atomic E-state index is 13.2. The zero-order valence-electron chi connectivity index (χ0n) is 19.1. The second-order valence-electron chi connectivity index (χ2n) is 8.15. The highest BCUT2D eigenvalue weighted by Crippen LogP contribution is 2.41. The van der Waals surface area contributed by atoms with Crippen molar-refractivity contribution in [2.75, 3.05) is 6.61 Å². The van der Waals surface area contributed by atoms with Gasteiger partial charge in [-0.3, -0.25) is 19.6 Å². The molecule has 1 unspecified atom stereocenters. The van der Waals surface area contributed by atoms with E-state index < -0.39 is 17.7 Å².